The van der Waals surface area contributed by atoms with E-state index in [-0.39, 0.29) is 0 Å². The van der Waals surface area contributed by atoms with Crippen LogP contribution in [0, 0.1) is 0 Å². The summed E-state index contributed by atoms with van der Waals surface area (Å²) in [5, 5.41) is 3.88. The highest BCUT2D eigenvalue weighted by Gasteiger charge is 2.00. The fourth-order valence-corrected chi connectivity index (χ4v) is 0.588. The van der Waals surface area contributed by atoms with Gasteiger partial charge in [-0.3, -0.25) is 0 Å². The van der Waals surface area contributed by atoms with E-state index >= 15 is 0 Å². The van der Waals surface area contributed by atoms with Crippen LogP contribution in [-0.2, 0) is 0 Å². The molecule has 0 atom stereocenters. The zero-order valence-corrected chi connectivity index (χ0v) is 4.11. The molecule has 3 rings (SSSR count). The number of hydrogen-bond donors (Lipinski definition) is 0. The van der Waals surface area contributed by atoms with E-state index in [0.29, 0.717) is 5.89 Å². The fourth-order valence-electron chi connectivity index (χ4n) is 0.588. The molecule has 0 amide bonds. The quantitative estimate of drug-likeness (QED) is 0.496. The van der Waals surface area contributed by atoms with Crippen molar-refractivity contribution in [3.8, 4) is 0 Å². The van der Waals surface area contributed by atoms with Gasteiger partial charge in [0, 0.05) is 6.08 Å². The van der Waals surface area contributed by atoms with Crippen molar-refractivity contribution >= 4 is 12.3 Å². The molecule has 3 heteroatoms. The van der Waals surface area contributed by atoms with Gasteiger partial charge < -0.3 is 4.52 Å². The maximum atomic E-state index is 4.91. The average molecular weight is 108 g/mol. The van der Waals surface area contributed by atoms with Gasteiger partial charge >= 0.3 is 0 Å². The molecule has 1 aromatic rings. The smallest absolute Gasteiger partial charge is 0.268 e. The van der Waals surface area contributed by atoms with E-state index < -0.39 is 0 Å². The zero-order chi connectivity index (χ0) is 5.40. The zero-order valence-electron chi connectivity index (χ0n) is 4.11. The fraction of sp³-hybridized carbons (Fsp3) is 0. The highest BCUT2D eigenvalue weighted by atomic mass is 16.5. The molecule has 8 heavy (non-hydrogen) atoms. The second kappa shape index (κ2) is 1.12. The number of nitrogens with zero attached hydrogens (tertiary/aromatic N) is 2. The Balaban J connectivity index is 2.57. The topological polar surface area (TPSA) is 31.0 Å². The van der Waals surface area contributed by atoms with Crippen LogP contribution in [0.3, 0.4) is 0 Å². The molecular weight excluding hydrogens is 104 g/mol. The first-order valence-electron chi connectivity index (χ1n) is 2.36. The molecule has 2 aliphatic heterocycles. The molecule has 3 nitrogen and oxygen atoms in total. The lowest BCUT2D eigenvalue weighted by Crippen LogP contribution is -2.01. The number of allylic oxidation sites excluding steroid dienone is 2. The van der Waals surface area contributed by atoms with Crippen LogP contribution in [0.15, 0.2) is 16.7 Å². The number of hydrogen-bond acceptors (Lipinski definition) is 2. The van der Waals surface area contributed by atoms with Crippen molar-refractivity contribution in [1.82, 2.24) is 9.95 Å². The first-order valence-corrected chi connectivity index (χ1v) is 2.36. The Morgan fingerprint density at radius 3 is 3.25 bits per heavy atom. The van der Waals surface area contributed by atoms with Crippen molar-refractivity contribution in [1.29, 1.82) is 0 Å². The summed E-state index contributed by atoms with van der Waals surface area (Å²) in [7, 11) is 0. The molecular formula is C5H4N2O. The van der Waals surface area contributed by atoms with Gasteiger partial charge in [-0.05, 0) is 6.08 Å². The molecule has 0 aromatic carbocycles. The van der Waals surface area contributed by atoms with Crippen molar-refractivity contribution in [2.24, 2.45) is 0 Å². The van der Waals surface area contributed by atoms with Gasteiger partial charge in [0.05, 0.1) is 6.20 Å². The minimum Gasteiger partial charge on any atom is -0.336 e. The van der Waals surface area contributed by atoms with E-state index in [2.05, 4.69) is 5.10 Å². The Morgan fingerprint density at radius 1 is 1.50 bits per heavy atom. The third kappa shape index (κ3) is 0.353. The van der Waals surface area contributed by atoms with E-state index in [1.165, 1.54) is 4.85 Å². The van der Waals surface area contributed by atoms with Gasteiger partial charge in [0.2, 0.25) is 0 Å². The molecule has 0 radical (unpaired) electrons. The average Bonchev–Trinajstić information content (AvgIpc) is 1.89. The van der Waals surface area contributed by atoms with Crippen LogP contribution < -0.4 is 0 Å². The maximum Gasteiger partial charge on any atom is 0.268 e. The lowest BCUT2D eigenvalue weighted by atomic mass is 10.5. The van der Waals surface area contributed by atoms with E-state index in [9.17, 15) is 0 Å². The third-order valence-corrected chi connectivity index (χ3v) is 0.948. The first-order chi connectivity index (χ1) is 3.95. The van der Waals surface area contributed by atoms with Gasteiger partial charge in [-0.25, -0.2) is 0 Å². The van der Waals surface area contributed by atoms with Gasteiger partial charge in [-0.1, -0.05) is 16.0 Å². The summed E-state index contributed by atoms with van der Waals surface area (Å²) in [4.78, 5) is 1.41. The molecule has 40 valence electrons. The van der Waals surface area contributed by atoms with Crippen molar-refractivity contribution in [3.63, 3.8) is 0 Å². The van der Waals surface area contributed by atoms with E-state index in [1.807, 2.05) is 12.2 Å². The summed E-state index contributed by atoms with van der Waals surface area (Å²) in [5.74, 6) is 0.676. The Morgan fingerprint density at radius 2 is 2.38 bits per heavy atom. The third-order valence-electron chi connectivity index (χ3n) is 0.948. The summed E-state index contributed by atoms with van der Waals surface area (Å²) < 4.78 is 4.91. The van der Waals surface area contributed by atoms with Crippen molar-refractivity contribution in [2.45, 2.75) is 0 Å². The Bertz CT molecular complexity index is 207. The minimum atomic E-state index is 0.676. The maximum absolute atomic E-state index is 4.91. The summed E-state index contributed by atoms with van der Waals surface area (Å²) >= 11 is 0. The molecule has 0 N–H and O–H groups in total. The van der Waals surface area contributed by atoms with Crippen molar-refractivity contribution in [3.05, 3.63) is 18.0 Å². The second-order valence-corrected chi connectivity index (χ2v) is 1.53. The monoisotopic (exact) mass is 108 g/mol. The summed E-state index contributed by atoms with van der Waals surface area (Å²) in [5.41, 5.74) is 0. The summed E-state index contributed by atoms with van der Waals surface area (Å²) in [6.45, 7) is 0. The van der Waals surface area contributed by atoms with E-state index in [1.54, 1.807) is 12.3 Å². The Kier molecular flexibility index (Phi) is 0.521. The van der Waals surface area contributed by atoms with Crippen LogP contribution in [-0.4, -0.2) is 9.95 Å². The lowest BCUT2D eigenvalue weighted by Gasteiger charge is -1.99. The van der Waals surface area contributed by atoms with Gasteiger partial charge in [0.1, 0.15) is 0 Å². The van der Waals surface area contributed by atoms with E-state index in [0.717, 1.165) is 0 Å². The first kappa shape index (κ1) is 3.72. The molecule has 0 fully saturated rings. The van der Waals surface area contributed by atoms with Crippen molar-refractivity contribution < 1.29 is 4.52 Å². The predicted octanol–water partition coefficient (Wildman–Crippen LogP) is 0.974. The molecule has 3 heterocycles. The normalized spacial score (nSPS) is 14.5. The van der Waals surface area contributed by atoms with Crippen molar-refractivity contribution in [2.75, 3.05) is 0 Å². The molecule has 0 aliphatic carbocycles. The second-order valence-electron chi connectivity index (χ2n) is 1.53. The standard InChI is InChI=1S/C5H4N2O/c1-2-4-7-6-5(3-1)8-7/h1-4H. The highest BCUT2D eigenvalue weighted by molar-refractivity contribution is 5.46. The number of aromatic nitrogens is 2. The van der Waals surface area contributed by atoms with Crippen LogP contribution >= 0.6 is 0 Å². The molecule has 2 bridgehead atoms. The Hall–Kier alpha value is -1.25. The minimum absolute atomic E-state index is 0.676. The van der Waals surface area contributed by atoms with Gasteiger partial charge in [-0.2, -0.15) is 0 Å². The van der Waals surface area contributed by atoms with E-state index in [4.69, 9.17) is 4.52 Å². The molecule has 0 saturated heterocycles. The van der Waals surface area contributed by atoms with Crippen LogP contribution in [0.1, 0.15) is 5.89 Å². The van der Waals surface area contributed by atoms with Gasteiger partial charge in [0.25, 0.3) is 5.89 Å². The van der Waals surface area contributed by atoms with Crippen LogP contribution in [0.2, 0.25) is 0 Å². The largest absolute Gasteiger partial charge is 0.336 e. The van der Waals surface area contributed by atoms with Crippen LogP contribution in [0.25, 0.3) is 12.3 Å². The molecule has 2 aliphatic rings. The number of rotatable bonds is 0. The predicted molar refractivity (Wildman–Crippen MR) is 28.9 cm³/mol. The SMILES string of the molecule is C1=Cc2nn(o2)C=C1. The number of fused-ring (bicyclic) bond motifs is 1. The Labute approximate surface area is 45.9 Å². The van der Waals surface area contributed by atoms with Gasteiger partial charge in [0.15, 0.2) is 0 Å². The molecule has 1 aromatic heterocycles. The summed E-state index contributed by atoms with van der Waals surface area (Å²) in [6, 6.07) is 0. The lowest BCUT2D eigenvalue weighted by molar-refractivity contribution is 0.215. The molecule has 0 spiro atoms. The molecule has 0 unspecified atom stereocenters. The van der Waals surface area contributed by atoms with Crippen LogP contribution in [0.5, 0.6) is 0 Å². The van der Waals surface area contributed by atoms with Gasteiger partial charge in [-0.15, -0.1) is 0 Å². The molecule has 0 saturated carbocycles. The highest BCUT2D eigenvalue weighted by Crippen LogP contribution is 2.04. The van der Waals surface area contributed by atoms with Crippen LogP contribution in [0.4, 0.5) is 0 Å². The summed E-state index contributed by atoms with van der Waals surface area (Å²) in [6.07, 6.45) is 7.29.